The highest BCUT2D eigenvalue weighted by molar-refractivity contribution is 7.10. The van der Waals surface area contributed by atoms with Crippen LogP contribution in [0.2, 0.25) is 10.0 Å². The van der Waals surface area contributed by atoms with Crippen LogP contribution in [0.15, 0.2) is 35.7 Å². The first-order valence-corrected chi connectivity index (χ1v) is 9.73. The van der Waals surface area contributed by atoms with E-state index < -0.39 is 0 Å². The zero-order chi connectivity index (χ0) is 17.8. The van der Waals surface area contributed by atoms with Crippen LogP contribution >= 0.6 is 34.5 Å². The molecule has 0 atom stereocenters. The quantitative estimate of drug-likeness (QED) is 0.828. The number of likely N-dealkylation sites (tertiary alicyclic amines) is 1. The lowest BCUT2D eigenvalue weighted by atomic mass is 9.95. The van der Waals surface area contributed by atoms with Crippen LogP contribution in [0.1, 0.15) is 17.7 Å². The monoisotopic (exact) mass is 396 g/mol. The van der Waals surface area contributed by atoms with E-state index in [0.717, 1.165) is 4.88 Å². The second-order valence-electron chi connectivity index (χ2n) is 6.00. The average Bonchev–Trinajstić information content (AvgIpc) is 3.12. The molecular weight excluding hydrogens is 379 g/mol. The van der Waals surface area contributed by atoms with E-state index in [1.165, 1.54) is 0 Å². The summed E-state index contributed by atoms with van der Waals surface area (Å²) in [6.45, 7) is 1.21. The number of piperidine rings is 1. The molecule has 1 fully saturated rings. The van der Waals surface area contributed by atoms with Crippen LogP contribution in [0.3, 0.4) is 0 Å². The SMILES string of the molecule is O=C(Nc1cccc(Cl)c1Cl)C1CCN(C(=O)Cc2cccs2)CC1. The predicted molar refractivity (Wildman–Crippen MR) is 102 cm³/mol. The molecule has 1 aromatic heterocycles. The number of nitrogens with one attached hydrogen (secondary N) is 1. The van der Waals surface area contributed by atoms with Crippen LogP contribution < -0.4 is 5.32 Å². The van der Waals surface area contributed by atoms with E-state index >= 15 is 0 Å². The Bertz CT molecular complexity index is 756. The van der Waals surface area contributed by atoms with Crippen molar-refractivity contribution < 1.29 is 9.59 Å². The molecule has 2 aromatic rings. The van der Waals surface area contributed by atoms with Gasteiger partial charge in [-0.25, -0.2) is 0 Å². The minimum absolute atomic E-state index is 0.0745. The van der Waals surface area contributed by atoms with Gasteiger partial charge in [0.25, 0.3) is 0 Å². The number of anilines is 1. The molecule has 1 aromatic carbocycles. The molecule has 0 bridgehead atoms. The summed E-state index contributed by atoms with van der Waals surface area (Å²) in [5, 5.41) is 5.58. The highest BCUT2D eigenvalue weighted by atomic mass is 35.5. The van der Waals surface area contributed by atoms with Gasteiger partial charge in [0, 0.05) is 23.9 Å². The van der Waals surface area contributed by atoms with Crippen molar-refractivity contribution in [1.29, 1.82) is 0 Å². The number of carbonyl (C=O) groups excluding carboxylic acids is 2. The third-order valence-electron chi connectivity index (χ3n) is 4.33. The van der Waals surface area contributed by atoms with Crippen molar-refractivity contribution in [3.63, 3.8) is 0 Å². The van der Waals surface area contributed by atoms with E-state index in [4.69, 9.17) is 23.2 Å². The Morgan fingerprint density at radius 2 is 1.92 bits per heavy atom. The van der Waals surface area contributed by atoms with Gasteiger partial charge < -0.3 is 10.2 Å². The van der Waals surface area contributed by atoms with Crippen molar-refractivity contribution in [2.45, 2.75) is 19.3 Å². The lowest BCUT2D eigenvalue weighted by Crippen LogP contribution is -2.42. The maximum Gasteiger partial charge on any atom is 0.227 e. The van der Waals surface area contributed by atoms with Crippen molar-refractivity contribution >= 4 is 52.0 Å². The summed E-state index contributed by atoms with van der Waals surface area (Å²) in [5.74, 6) is -0.0745. The molecule has 2 amide bonds. The van der Waals surface area contributed by atoms with Crippen LogP contribution in [0.4, 0.5) is 5.69 Å². The van der Waals surface area contributed by atoms with Gasteiger partial charge in [0.2, 0.25) is 11.8 Å². The van der Waals surface area contributed by atoms with Gasteiger partial charge in [-0.05, 0) is 36.4 Å². The van der Waals surface area contributed by atoms with Crippen molar-refractivity contribution in [1.82, 2.24) is 4.90 Å². The van der Waals surface area contributed by atoms with E-state index in [9.17, 15) is 9.59 Å². The molecule has 3 rings (SSSR count). The lowest BCUT2D eigenvalue weighted by Gasteiger charge is -2.31. The number of rotatable bonds is 4. The highest BCUT2D eigenvalue weighted by Gasteiger charge is 2.27. The summed E-state index contributed by atoms with van der Waals surface area (Å²) >= 11 is 13.7. The van der Waals surface area contributed by atoms with Crippen LogP contribution in [0, 0.1) is 5.92 Å². The minimum atomic E-state index is -0.124. The Balaban J connectivity index is 1.52. The highest BCUT2D eigenvalue weighted by Crippen LogP contribution is 2.30. The second kappa shape index (κ2) is 8.21. The number of thiophene rings is 1. The predicted octanol–water partition coefficient (Wildman–Crippen LogP) is 4.47. The summed E-state index contributed by atoms with van der Waals surface area (Å²) in [5.41, 5.74) is 0.523. The van der Waals surface area contributed by atoms with Gasteiger partial charge in [-0.2, -0.15) is 0 Å². The fourth-order valence-corrected chi connectivity index (χ4v) is 3.94. The third-order valence-corrected chi connectivity index (χ3v) is 6.03. The first-order valence-electron chi connectivity index (χ1n) is 8.09. The summed E-state index contributed by atoms with van der Waals surface area (Å²) in [7, 11) is 0. The standard InChI is InChI=1S/C18H18Cl2N2O2S/c19-14-4-1-5-15(17(14)20)21-18(24)12-6-8-22(9-7-12)16(23)11-13-3-2-10-25-13/h1-5,10,12H,6-9,11H2,(H,21,24). The third kappa shape index (κ3) is 4.54. The average molecular weight is 397 g/mol. The molecule has 2 heterocycles. The molecule has 7 heteroatoms. The van der Waals surface area contributed by atoms with Crippen molar-refractivity contribution in [3.05, 3.63) is 50.6 Å². The molecule has 1 aliphatic rings. The zero-order valence-corrected chi connectivity index (χ0v) is 15.8. The molecule has 1 N–H and O–H groups in total. The number of hydrogen-bond acceptors (Lipinski definition) is 3. The fourth-order valence-electron chi connectivity index (χ4n) is 2.90. The molecule has 0 saturated carbocycles. The van der Waals surface area contributed by atoms with Gasteiger partial charge >= 0.3 is 0 Å². The van der Waals surface area contributed by atoms with Crippen molar-refractivity contribution in [2.24, 2.45) is 5.92 Å². The van der Waals surface area contributed by atoms with Gasteiger partial charge in [0.15, 0.2) is 0 Å². The molecule has 0 spiro atoms. The van der Waals surface area contributed by atoms with Crippen molar-refractivity contribution in [2.75, 3.05) is 18.4 Å². The minimum Gasteiger partial charge on any atom is -0.342 e. The normalized spacial score (nSPS) is 15.2. The molecule has 25 heavy (non-hydrogen) atoms. The number of amides is 2. The number of carbonyl (C=O) groups is 2. The van der Waals surface area contributed by atoms with Gasteiger partial charge in [0.05, 0.1) is 22.2 Å². The van der Waals surface area contributed by atoms with Gasteiger partial charge in [-0.3, -0.25) is 9.59 Å². The molecule has 0 unspecified atom stereocenters. The van der Waals surface area contributed by atoms with E-state index in [2.05, 4.69) is 5.32 Å². The summed E-state index contributed by atoms with van der Waals surface area (Å²) < 4.78 is 0. The van der Waals surface area contributed by atoms with Gasteiger partial charge in [-0.1, -0.05) is 35.3 Å². The maximum absolute atomic E-state index is 12.4. The Kier molecular flexibility index (Phi) is 5.99. The number of benzene rings is 1. The molecule has 132 valence electrons. The topological polar surface area (TPSA) is 49.4 Å². The van der Waals surface area contributed by atoms with Gasteiger partial charge in [-0.15, -0.1) is 11.3 Å². The van der Waals surface area contributed by atoms with Crippen LogP contribution in [-0.4, -0.2) is 29.8 Å². The number of halogens is 2. The first kappa shape index (κ1) is 18.2. The molecule has 0 radical (unpaired) electrons. The molecule has 0 aliphatic carbocycles. The van der Waals surface area contributed by atoms with E-state index in [1.807, 2.05) is 22.4 Å². The smallest absolute Gasteiger partial charge is 0.227 e. The molecular formula is C18H18Cl2N2O2S. The Morgan fingerprint density at radius 1 is 1.16 bits per heavy atom. The van der Waals surface area contributed by atoms with Crippen LogP contribution in [0.25, 0.3) is 0 Å². The largest absolute Gasteiger partial charge is 0.342 e. The van der Waals surface area contributed by atoms with E-state index in [0.29, 0.717) is 48.1 Å². The molecule has 4 nitrogen and oxygen atoms in total. The summed E-state index contributed by atoms with van der Waals surface area (Å²) in [4.78, 5) is 27.7. The van der Waals surface area contributed by atoms with E-state index in [1.54, 1.807) is 29.5 Å². The number of nitrogens with zero attached hydrogens (tertiary/aromatic N) is 1. The van der Waals surface area contributed by atoms with Crippen molar-refractivity contribution in [3.8, 4) is 0 Å². The Hall–Kier alpha value is -1.56. The lowest BCUT2D eigenvalue weighted by molar-refractivity contribution is -0.133. The first-order chi connectivity index (χ1) is 12.0. The summed E-state index contributed by atoms with van der Waals surface area (Å²) in [6, 6.07) is 9.07. The van der Waals surface area contributed by atoms with Crippen LogP contribution in [0.5, 0.6) is 0 Å². The zero-order valence-electron chi connectivity index (χ0n) is 13.5. The molecule has 1 saturated heterocycles. The Morgan fingerprint density at radius 3 is 2.60 bits per heavy atom. The number of hydrogen-bond donors (Lipinski definition) is 1. The maximum atomic E-state index is 12.4. The molecule has 1 aliphatic heterocycles. The Labute approximate surface area is 160 Å². The van der Waals surface area contributed by atoms with E-state index in [-0.39, 0.29) is 17.7 Å². The summed E-state index contributed by atoms with van der Waals surface area (Å²) in [6.07, 6.45) is 1.74. The second-order valence-corrected chi connectivity index (χ2v) is 7.82. The van der Waals surface area contributed by atoms with Gasteiger partial charge in [0.1, 0.15) is 0 Å². The van der Waals surface area contributed by atoms with Crippen LogP contribution in [-0.2, 0) is 16.0 Å². The fraction of sp³-hybridized carbons (Fsp3) is 0.333.